The van der Waals surface area contributed by atoms with Crippen LogP contribution in [-0.4, -0.2) is 18.1 Å². The van der Waals surface area contributed by atoms with Gasteiger partial charge in [0.25, 0.3) is 0 Å². The maximum Gasteiger partial charge on any atom is 0.250 e. The predicted octanol–water partition coefficient (Wildman–Crippen LogP) is 4.86. The van der Waals surface area contributed by atoms with E-state index in [0.717, 1.165) is 22.8 Å². The molecule has 0 aliphatic carbocycles. The molecule has 4 nitrogen and oxygen atoms in total. The van der Waals surface area contributed by atoms with Gasteiger partial charge >= 0.3 is 0 Å². The number of nitrogens with one attached hydrogen (secondary N) is 1. The SMILES string of the molecule is Cc1c(Nc2ccc(O[Si](C)(C)C(C)(C)C)cc2)cnn1C. The first-order valence-corrected chi connectivity index (χ1v) is 10.6. The molecule has 0 fully saturated rings. The summed E-state index contributed by atoms with van der Waals surface area (Å²) in [6.45, 7) is 13.3. The molecule has 2 rings (SSSR count). The first-order chi connectivity index (χ1) is 10.1. The molecule has 0 saturated carbocycles. The van der Waals surface area contributed by atoms with Crippen LogP contribution in [0, 0.1) is 6.92 Å². The molecule has 0 spiro atoms. The van der Waals surface area contributed by atoms with Crippen molar-refractivity contribution in [1.29, 1.82) is 0 Å². The summed E-state index contributed by atoms with van der Waals surface area (Å²) in [4.78, 5) is 0. The molecule has 2 aromatic rings. The van der Waals surface area contributed by atoms with Gasteiger partial charge in [0.15, 0.2) is 0 Å². The number of nitrogens with zero attached hydrogens (tertiary/aromatic N) is 2. The third-order valence-electron chi connectivity index (χ3n) is 4.55. The molecular formula is C17H27N3OSi. The number of rotatable bonds is 4. The number of aryl methyl sites for hydroxylation is 1. The third-order valence-corrected chi connectivity index (χ3v) is 8.91. The first kappa shape index (κ1) is 16.6. The molecule has 0 bridgehead atoms. The molecule has 1 aromatic heterocycles. The summed E-state index contributed by atoms with van der Waals surface area (Å²) in [5, 5.41) is 7.83. The van der Waals surface area contributed by atoms with Gasteiger partial charge in [-0.25, -0.2) is 0 Å². The van der Waals surface area contributed by atoms with E-state index < -0.39 is 8.32 Å². The molecule has 5 heteroatoms. The lowest BCUT2D eigenvalue weighted by Gasteiger charge is -2.36. The van der Waals surface area contributed by atoms with Crippen molar-refractivity contribution < 1.29 is 4.43 Å². The summed E-state index contributed by atoms with van der Waals surface area (Å²) in [5.41, 5.74) is 3.18. The van der Waals surface area contributed by atoms with Crippen molar-refractivity contribution >= 4 is 19.7 Å². The second kappa shape index (κ2) is 5.80. The highest BCUT2D eigenvalue weighted by atomic mass is 28.4. The average Bonchev–Trinajstić information content (AvgIpc) is 2.71. The topological polar surface area (TPSA) is 39.1 Å². The number of aromatic nitrogens is 2. The smallest absolute Gasteiger partial charge is 0.250 e. The third kappa shape index (κ3) is 3.52. The fourth-order valence-electron chi connectivity index (χ4n) is 1.83. The van der Waals surface area contributed by atoms with E-state index in [1.54, 1.807) is 0 Å². The fraction of sp³-hybridized carbons (Fsp3) is 0.471. The Kier molecular flexibility index (Phi) is 4.38. The van der Waals surface area contributed by atoms with Crippen molar-refractivity contribution in [3.05, 3.63) is 36.2 Å². The molecule has 0 atom stereocenters. The van der Waals surface area contributed by atoms with Crippen LogP contribution in [0.1, 0.15) is 26.5 Å². The van der Waals surface area contributed by atoms with Crippen molar-refractivity contribution in [3.63, 3.8) is 0 Å². The second-order valence-corrected chi connectivity index (χ2v) is 12.0. The Morgan fingerprint density at radius 2 is 1.73 bits per heavy atom. The van der Waals surface area contributed by atoms with E-state index in [0.29, 0.717) is 0 Å². The van der Waals surface area contributed by atoms with E-state index in [2.05, 4.69) is 56.4 Å². The first-order valence-electron chi connectivity index (χ1n) is 7.65. The summed E-state index contributed by atoms with van der Waals surface area (Å²) in [7, 11) is 0.165. The molecule has 0 amide bonds. The van der Waals surface area contributed by atoms with Gasteiger partial charge in [-0.3, -0.25) is 4.68 Å². The Balaban J connectivity index is 2.09. The maximum atomic E-state index is 6.29. The number of hydrogen-bond acceptors (Lipinski definition) is 3. The van der Waals surface area contributed by atoms with Crippen LogP contribution in [0.2, 0.25) is 18.1 Å². The largest absolute Gasteiger partial charge is 0.544 e. The van der Waals surface area contributed by atoms with Crippen LogP contribution in [-0.2, 0) is 7.05 Å². The van der Waals surface area contributed by atoms with Crippen LogP contribution >= 0.6 is 0 Å². The van der Waals surface area contributed by atoms with Gasteiger partial charge in [0.1, 0.15) is 5.75 Å². The molecule has 22 heavy (non-hydrogen) atoms. The van der Waals surface area contributed by atoms with Gasteiger partial charge in [-0.2, -0.15) is 5.10 Å². The Morgan fingerprint density at radius 3 is 2.18 bits per heavy atom. The summed E-state index contributed by atoms with van der Waals surface area (Å²) in [5.74, 6) is 0.944. The van der Waals surface area contributed by atoms with Crippen LogP contribution in [0.25, 0.3) is 0 Å². The van der Waals surface area contributed by atoms with Gasteiger partial charge in [0.05, 0.1) is 17.6 Å². The normalized spacial score (nSPS) is 12.3. The lowest BCUT2D eigenvalue weighted by Crippen LogP contribution is -2.43. The van der Waals surface area contributed by atoms with Gasteiger partial charge < -0.3 is 9.74 Å². The van der Waals surface area contributed by atoms with E-state index >= 15 is 0 Å². The molecule has 1 N–H and O–H groups in total. The van der Waals surface area contributed by atoms with Gasteiger partial charge in [-0.15, -0.1) is 0 Å². The Morgan fingerprint density at radius 1 is 1.14 bits per heavy atom. The summed E-state index contributed by atoms with van der Waals surface area (Å²) in [6.07, 6.45) is 1.84. The second-order valence-electron chi connectivity index (χ2n) is 7.28. The molecule has 1 aromatic carbocycles. The minimum Gasteiger partial charge on any atom is -0.544 e. The van der Waals surface area contributed by atoms with Crippen LogP contribution in [0.5, 0.6) is 5.75 Å². The molecular weight excluding hydrogens is 290 g/mol. The lowest BCUT2D eigenvalue weighted by molar-refractivity contribution is 0.492. The minimum atomic E-state index is -1.78. The molecule has 0 radical (unpaired) electrons. The zero-order valence-corrected chi connectivity index (χ0v) is 15.7. The van der Waals surface area contributed by atoms with Gasteiger partial charge in [0.2, 0.25) is 8.32 Å². The van der Waals surface area contributed by atoms with Crippen LogP contribution in [0.4, 0.5) is 11.4 Å². The molecule has 1 heterocycles. The minimum absolute atomic E-state index is 0.205. The van der Waals surface area contributed by atoms with Crippen molar-refractivity contribution in [2.45, 2.75) is 45.8 Å². The molecule has 0 unspecified atom stereocenters. The zero-order valence-electron chi connectivity index (χ0n) is 14.7. The van der Waals surface area contributed by atoms with Crippen LogP contribution in [0.3, 0.4) is 0 Å². The van der Waals surface area contributed by atoms with E-state index in [4.69, 9.17) is 4.43 Å². The number of benzene rings is 1. The predicted molar refractivity (Wildman–Crippen MR) is 95.5 cm³/mol. The number of anilines is 2. The quantitative estimate of drug-likeness (QED) is 0.819. The average molecular weight is 318 g/mol. The van der Waals surface area contributed by atoms with E-state index in [-0.39, 0.29) is 5.04 Å². The van der Waals surface area contributed by atoms with Crippen molar-refractivity contribution in [2.75, 3.05) is 5.32 Å². The van der Waals surface area contributed by atoms with Crippen molar-refractivity contribution in [3.8, 4) is 5.75 Å². The van der Waals surface area contributed by atoms with Crippen LogP contribution in [0.15, 0.2) is 30.5 Å². The Labute approximate surface area is 134 Å². The van der Waals surface area contributed by atoms with Crippen LogP contribution < -0.4 is 9.74 Å². The Bertz CT molecular complexity index is 639. The maximum absolute atomic E-state index is 6.29. The monoisotopic (exact) mass is 317 g/mol. The van der Waals surface area contributed by atoms with E-state index in [1.807, 2.05) is 37.0 Å². The number of hydrogen-bond donors (Lipinski definition) is 1. The molecule has 0 aliphatic heterocycles. The highest BCUT2D eigenvalue weighted by Gasteiger charge is 2.38. The summed E-state index contributed by atoms with van der Waals surface area (Å²) >= 11 is 0. The highest BCUT2D eigenvalue weighted by molar-refractivity contribution is 6.74. The van der Waals surface area contributed by atoms with Crippen molar-refractivity contribution in [2.24, 2.45) is 7.05 Å². The summed E-state index contributed by atoms with van der Waals surface area (Å²) in [6, 6.07) is 8.17. The van der Waals surface area contributed by atoms with Gasteiger partial charge in [0, 0.05) is 12.7 Å². The van der Waals surface area contributed by atoms with Gasteiger partial charge in [-0.05, 0) is 49.3 Å². The van der Waals surface area contributed by atoms with E-state index in [1.165, 1.54) is 0 Å². The summed E-state index contributed by atoms with van der Waals surface area (Å²) < 4.78 is 8.15. The fourth-order valence-corrected chi connectivity index (χ4v) is 2.86. The highest BCUT2D eigenvalue weighted by Crippen LogP contribution is 2.37. The molecule has 0 aliphatic rings. The van der Waals surface area contributed by atoms with E-state index in [9.17, 15) is 0 Å². The van der Waals surface area contributed by atoms with Gasteiger partial charge in [-0.1, -0.05) is 20.8 Å². The zero-order chi connectivity index (χ0) is 16.5. The molecule has 120 valence electrons. The molecule has 0 saturated heterocycles. The standard InChI is InChI=1S/C17H27N3OSi/c1-13-16(12-18-20(13)5)19-14-8-10-15(11-9-14)21-22(6,7)17(2,3)4/h8-12,19H,1-7H3. The lowest BCUT2D eigenvalue weighted by atomic mass is 10.2. The Hall–Kier alpha value is -1.75. The van der Waals surface area contributed by atoms with Crippen molar-refractivity contribution in [1.82, 2.24) is 9.78 Å².